The Kier molecular flexibility index (Phi) is 6.46. The molecule has 0 saturated heterocycles. The molecule has 16 heavy (non-hydrogen) atoms. The fourth-order valence-corrected chi connectivity index (χ4v) is 1.34. The zero-order valence-corrected chi connectivity index (χ0v) is 10.4. The highest BCUT2D eigenvalue weighted by atomic mass is 16.4. The first kappa shape index (κ1) is 14.7. The molecular formula is C12H21NO3. The summed E-state index contributed by atoms with van der Waals surface area (Å²) in [6.45, 7) is 7.34. The molecule has 92 valence electrons. The number of carbonyl (C=O) groups excluding carboxylic acids is 1. The Balaban J connectivity index is 4.59. The topological polar surface area (TPSA) is 66.4 Å². The van der Waals surface area contributed by atoms with E-state index in [0.29, 0.717) is 12.0 Å². The first-order chi connectivity index (χ1) is 7.43. The number of aliphatic carboxylic acids is 1. The number of carboxylic acids is 1. The molecule has 0 bridgehead atoms. The minimum atomic E-state index is -0.980. The van der Waals surface area contributed by atoms with Gasteiger partial charge >= 0.3 is 5.97 Å². The standard InChI is InChI=1S/C12H21NO3/c1-5-7-9(4)11(14)13-10(12(15)16)8(3)6-2/h7-8,10H,5-6H2,1-4H3,(H,13,14)(H,15,16)/b9-7-/t8?,10-/m0/s1. The van der Waals surface area contributed by atoms with Crippen LogP contribution in [0.4, 0.5) is 0 Å². The fourth-order valence-electron chi connectivity index (χ4n) is 1.34. The number of amides is 1. The van der Waals surface area contributed by atoms with Crippen LogP contribution >= 0.6 is 0 Å². The molecule has 0 aromatic heterocycles. The lowest BCUT2D eigenvalue weighted by atomic mass is 9.99. The van der Waals surface area contributed by atoms with Crippen LogP contribution in [0.5, 0.6) is 0 Å². The van der Waals surface area contributed by atoms with Crippen molar-refractivity contribution >= 4 is 11.9 Å². The summed E-state index contributed by atoms with van der Waals surface area (Å²) >= 11 is 0. The van der Waals surface area contributed by atoms with Crippen LogP contribution in [0.3, 0.4) is 0 Å². The predicted molar refractivity (Wildman–Crippen MR) is 63.1 cm³/mol. The zero-order valence-electron chi connectivity index (χ0n) is 10.4. The second kappa shape index (κ2) is 7.04. The molecule has 0 aliphatic rings. The summed E-state index contributed by atoms with van der Waals surface area (Å²) in [5, 5.41) is 11.5. The van der Waals surface area contributed by atoms with Crippen molar-refractivity contribution in [2.24, 2.45) is 5.92 Å². The van der Waals surface area contributed by atoms with Crippen LogP contribution in [0.2, 0.25) is 0 Å². The summed E-state index contributed by atoms with van der Waals surface area (Å²) in [4.78, 5) is 22.6. The van der Waals surface area contributed by atoms with Gasteiger partial charge in [-0.3, -0.25) is 4.79 Å². The van der Waals surface area contributed by atoms with Gasteiger partial charge in [-0.15, -0.1) is 0 Å². The molecule has 2 atom stereocenters. The third-order valence-corrected chi connectivity index (χ3v) is 2.63. The van der Waals surface area contributed by atoms with Crippen molar-refractivity contribution in [1.29, 1.82) is 0 Å². The lowest BCUT2D eigenvalue weighted by molar-refractivity contribution is -0.142. The summed E-state index contributed by atoms with van der Waals surface area (Å²) in [5.41, 5.74) is 0.567. The van der Waals surface area contributed by atoms with Crippen LogP contribution < -0.4 is 5.32 Å². The van der Waals surface area contributed by atoms with E-state index in [4.69, 9.17) is 5.11 Å². The van der Waals surface area contributed by atoms with Crippen molar-refractivity contribution in [2.45, 2.75) is 46.6 Å². The molecule has 0 fully saturated rings. The highest BCUT2D eigenvalue weighted by molar-refractivity contribution is 5.95. The van der Waals surface area contributed by atoms with Crippen molar-refractivity contribution in [3.63, 3.8) is 0 Å². The van der Waals surface area contributed by atoms with E-state index in [1.807, 2.05) is 20.8 Å². The van der Waals surface area contributed by atoms with Gasteiger partial charge in [0, 0.05) is 5.57 Å². The van der Waals surface area contributed by atoms with E-state index in [1.54, 1.807) is 13.0 Å². The molecule has 0 aliphatic carbocycles. The summed E-state index contributed by atoms with van der Waals surface area (Å²) in [6.07, 6.45) is 3.26. The number of hydrogen-bond acceptors (Lipinski definition) is 2. The molecule has 0 aromatic carbocycles. The van der Waals surface area contributed by atoms with Gasteiger partial charge in [-0.1, -0.05) is 33.3 Å². The highest BCUT2D eigenvalue weighted by Gasteiger charge is 2.25. The minimum Gasteiger partial charge on any atom is -0.480 e. The van der Waals surface area contributed by atoms with E-state index in [1.165, 1.54) is 0 Å². The Bertz CT molecular complexity index is 284. The highest BCUT2D eigenvalue weighted by Crippen LogP contribution is 2.09. The van der Waals surface area contributed by atoms with E-state index in [9.17, 15) is 9.59 Å². The molecule has 0 heterocycles. The van der Waals surface area contributed by atoms with Gasteiger partial charge in [-0.2, -0.15) is 0 Å². The summed E-state index contributed by atoms with van der Waals surface area (Å²) in [5.74, 6) is -1.35. The van der Waals surface area contributed by atoms with Gasteiger partial charge in [0.2, 0.25) is 5.91 Å². The monoisotopic (exact) mass is 227 g/mol. The van der Waals surface area contributed by atoms with E-state index in [-0.39, 0.29) is 11.8 Å². The Morgan fingerprint density at radius 2 is 1.94 bits per heavy atom. The molecule has 0 radical (unpaired) electrons. The lowest BCUT2D eigenvalue weighted by Gasteiger charge is -2.20. The van der Waals surface area contributed by atoms with Crippen molar-refractivity contribution in [2.75, 3.05) is 0 Å². The van der Waals surface area contributed by atoms with Gasteiger partial charge in [0.05, 0.1) is 0 Å². The third-order valence-electron chi connectivity index (χ3n) is 2.63. The van der Waals surface area contributed by atoms with Crippen molar-refractivity contribution in [3.8, 4) is 0 Å². The molecule has 1 amide bonds. The molecule has 1 unspecified atom stereocenters. The molecular weight excluding hydrogens is 206 g/mol. The number of hydrogen-bond donors (Lipinski definition) is 2. The zero-order chi connectivity index (χ0) is 12.7. The van der Waals surface area contributed by atoms with Gasteiger partial charge in [-0.05, 0) is 19.3 Å². The summed E-state index contributed by atoms with van der Waals surface area (Å²) in [6, 6.07) is -0.808. The maximum atomic E-state index is 11.6. The number of carbonyl (C=O) groups is 2. The first-order valence-electron chi connectivity index (χ1n) is 5.64. The molecule has 0 spiro atoms. The van der Waals surface area contributed by atoms with Gasteiger partial charge < -0.3 is 10.4 Å². The number of carboxylic acid groups (broad SMARTS) is 1. The molecule has 4 heteroatoms. The van der Waals surface area contributed by atoms with E-state index < -0.39 is 12.0 Å². The second-order valence-corrected chi connectivity index (χ2v) is 3.97. The first-order valence-corrected chi connectivity index (χ1v) is 5.64. The maximum absolute atomic E-state index is 11.6. The molecule has 0 aliphatic heterocycles. The Morgan fingerprint density at radius 3 is 2.31 bits per heavy atom. The van der Waals surface area contributed by atoms with Gasteiger partial charge in [0.1, 0.15) is 6.04 Å². The van der Waals surface area contributed by atoms with Crippen molar-refractivity contribution in [1.82, 2.24) is 5.32 Å². The van der Waals surface area contributed by atoms with Crippen molar-refractivity contribution in [3.05, 3.63) is 11.6 Å². The van der Waals surface area contributed by atoms with Crippen LogP contribution in [0.15, 0.2) is 11.6 Å². The SMILES string of the molecule is CC/C=C(/C)C(=O)N[C@H](C(=O)O)C(C)CC. The normalized spacial score (nSPS) is 15.4. The van der Waals surface area contributed by atoms with Crippen LogP contribution in [-0.4, -0.2) is 23.0 Å². The van der Waals surface area contributed by atoms with Crippen LogP contribution in [0, 0.1) is 5.92 Å². The Morgan fingerprint density at radius 1 is 1.38 bits per heavy atom. The van der Waals surface area contributed by atoms with Crippen LogP contribution in [0.1, 0.15) is 40.5 Å². The maximum Gasteiger partial charge on any atom is 0.326 e. The average molecular weight is 227 g/mol. The number of allylic oxidation sites excluding steroid dienone is 1. The molecule has 0 aromatic rings. The Labute approximate surface area is 96.7 Å². The third kappa shape index (κ3) is 4.47. The minimum absolute atomic E-state index is 0.0733. The van der Waals surface area contributed by atoms with Crippen LogP contribution in [0.25, 0.3) is 0 Å². The van der Waals surface area contributed by atoms with Crippen molar-refractivity contribution < 1.29 is 14.7 Å². The van der Waals surface area contributed by atoms with E-state index in [2.05, 4.69) is 5.32 Å². The summed E-state index contributed by atoms with van der Waals surface area (Å²) < 4.78 is 0. The number of rotatable bonds is 6. The largest absolute Gasteiger partial charge is 0.480 e. The quantitative estimate of drug-likeness (QED) is 0.682. The fraction of sp³-hybridized carbons (Fsp3) is 0.667. The second-order valence-electron chi connectivity index (χ2n) is 3.97. The average Bonchev–Trinajstić information content (AvgIpc) is 2.24. The van der Waals surface area contributed by atoms with Crippen LogP contribution in [-0.2, 0) is 9.59 Å². The molecule has 0 rings (SSSR count). The smallest absolute Gasteiger partial charge is 0.326 e. The Hall–Kier alpha value is -1.32. The molecule has 0 saturated carbocycles. The molecule has 4 nitrogen and oxygen atoms in total. The van der Waals surface area contributed by atoms with E-state index >= 15 is 0 Å². The van der Waals surface area contributed by atoms with E-state index in [0.717, 1.165) is 6.42 Å². The lowest BCUT2D eigenvalue weighted by Crippen LogP contribution is -2.45. The predicted octanol–water partition coefficient (Wildman–Crippen LogP) is 1.96. The van der Waals surface area contributed by atoms with Gasteiger partial charge in [0.25, 0.3) is 0 Å². The number of nitrogens with one attached hydrogen (secondary N) is 1. The van der Waals surface area contributed by atoms with Gasteiger partial charge in [-0.25, -0.2) is 4.79 Å². The summed E-state index contributed by atoms with van der Waals surface area (Å²) in [7, 11) is 0. The molecule has 2 N–H and O–H groups in total. The van der Waals surface area contributed by atoms with Gasteiger partial charge in [0.15, 0.2) is 0 Å².